The van der Waals surface area contributed by atoms with E-state index in [1.165, 1.54) is 0 Å². The Morgan fingerprint density at radius 3 is 2.67 bits per heavy atom. The number of nitrogens with zero attached hydrogens (tertiary/aromatic N) is 2. The minimum Gasteiger partial charge on any atom is -0.285 e. The molecule has 0 saturated heterocycles. The largest absolute Gasteiger partial charge is 0.285 e. The fourth-order valence-electron chi connectivity index (χ4n) is 0.955. The molecule has 2 heterocycles. The van der Waals surface area contributed by atoms with Gasteiger partial charge in [0, 0.05) is 23.5 Å². The van der Waals surface area contributed by atoms with Crippen LogP contribution >= 0.6 is 15.9 Å². The lowest BCUT2D eigenvalue weighted by Gasteiger charge is -1.94. The van der Waals surface area contributed by atoms with E-state index in [9.17, 15) is 0 Å². The zero-order chi connectivity index (χ0) is 8.39. The van der Waals surface area contributed by atoms with E-state index in [4.69, 9.17) is 0 Å². The van der Waals surface area contributed by atoms with E-state index >= 15 is 0 Å². The van der Waals surface area contributed by atoms with E-state index in [0.29, 0.717) is 0 Å². The van der Waals surface area contributed by atoms with Gasteiger partial charge in [-0.05, 0) is 22.0 Å². The van der Waals surface area contributed by atoms with Gasteiger partial charge >= 0.3 is 0 Å². The molecule has 0 saturated carbocycles. The van der Waals surface area contributed by atoms with Crippen molar-refractivity contribution in [2.75, 3.05) is 0 Å². The molecule has 0 atom stereocenters. The number of pyridine rings is 1. The first-order chi connectivity index (χ1) is 5.86. The third-order valence-corrected chi connectivity index (χ3v) is 2.03. The first kappa shape index (κ1) is 7.49. The van der Waals surface area contributed by atoms with Crippen LogP contribution in [0, 0.1) is 0 Å². The van der Waals surface area contributed by atoms with Gasteiger partial charge in [-0.15, -0.1) is 0 Å². The Hall–Kier alpha value is -1.16. The van der Waals surface area contributed by atoms with Crippen LogP contribution in [0.25, 0.3) is 11.1 Å². The van der Waals surface area contributed by atoms with Crippen molar-refractivity contribution in [2.45, 2.75) is 0 Å². The summed E-state index contributed by atoms with van der Waals surface area (Å²) in [6.45, 7) is 0. The molecule has 0 aromatic carbocycles. The molecular weight excluding hydrogens is 218 g/mol. The van der Waals surface area contributed by atoms with Crippen LogP contribution in [0.4, 0.5) is 0 Å². The van der Waals surface area contributed by atoms with Gasteiger partial charge in [0.05, 0.1) is 6.20 Å². The quantitative estimate of drug-likeness (QED) is 0.754. The molecule has 2 rings (SSSR count). The number of rotatable bonds is 1. The van der Waals surface area contributed by atoms with Gasteiger partial charge < -0.3 is 0 Å². The van der Waals surface area contributed by atoms with Crippen molar-refractivity contribution in [1.82, 2.24) is 15.2 Å². The van der Waals surface area contributed by atoms with Crippen molar-refractivity contribution < 1.29 is 0 Å². The molecule has 0 radical (unpaired) electrons. The molecule has 4 heteroatoms. The molecule has 0 aliphatic heterocycles. The second-order valence-electron chi connectivity index (χ2n) is 2.36. The molecular formula is C8H6BrN3. The first-order valence-electron chi connectivity index (χ1n) is 3.47. The second kappa shape index (κ2) is 3.06. The van der Waals surface area contributed by atoms with Crippen molar-refractivity contribution in [3.05, 3.63) is 35.3 Å². The smallest absolute Gasteiger partial charge is 0.106 e. The maximum absolute atomic E-state index is 4.11. The second-order valence-corrected chi connectivity index (χ2v) is 3.17. The predicted molar refractivity (Wildman–Crippen MR) is 49.5 cm³/mol. The molecule has 0 unspecified atom stereocenters. The summed E-state index contributed by atoms with van der Waals surface area (Å²) < 4.78 is 0.842. The van der Waals surface area contributed by atoms with Crippen molar-refractivity contribution in [2.24, 2.45) is 0 Å². The zero-order valence-corrected chi connectivity index (χ0v) is 7.75. The number of hydrogen-bond acceptors (Lipinski definition) is 2. The summed E-state index contributed by atoms with van der Waals surface area (Å²) in [6, 6.07) is 3.89. The minimum atomic E-state index is 0.842. The SMILES string of the molecule is Brc1ccc(-c2cn[nH]c2)cn1. The number of aromatic nitrogens is 3. The standard InChI is InChI=1S/C8H6BrN3/c9-8-2-1-6(3-10-8)7-4-11-12-5-7/h1-5H,(H,11,12). The fourth-order valence-corrected chi connectivity index (χ4v) is 1.19. The number of nitrogens with one attached hydrogen (secondary N) is 1. The Morgan fingerprint density at radius 2 is 2.08 bits per heavy atom. The molecule has 12 heavy (non-hydrogen) atoms. The van der Waals surface area contributed by atoms with Gasteiger partial charge in [-0.3, -0.25) is 5.10 Å². The van der Waals surface area contributed by atoms with Crippen LogP contribution in [0.5, 0.6) is 0 Å². The van der Waals surface area contributed by atoms with Crippen LogP contribution in [0.15, 0.2) is 35.3 Å². The summed E-state index contributed by atoms with van der Waals surface area (Å²) in [5, 5.41) is 6.61. The molecule has 0 amide bonds. The molecule has 0 aliphatic rings. The average molecular weight is 224 g/mol. The monoisotopic (exact) mass is 223 g/mol. The molecule has 2 aromatic heterocycles. The number of H-pyrrole nitrogens is 1. The molecule has 0 fully saturated rings. The van der Waals surface area contributed by atoms with Gasteiger partial charge in [0.15, 0.2) is 0 Å². The van der Waals surface area contributed by atoms with Gasteiger partial charge in [0.25, 0.3) is 0 Å². The van der Waals surface area contributed by atoms with Gasteiger partial charge in [-0.2, -0.15) is 5.10 Å². The fraction of sp³-hybridized carbons (Fsp3) is 0. The molecule has 0 aliphatic carbocycles. The van der Waals surface area contributed by atoms with Crippen LogP contribution in [0.2, 0.25) is 0 Å². The van der Waals surface area contributed by atoms with Gasteiger partial charge in [0.2, 0.25) is 0 Å². The van der Waals surface area contributed by atoms with Crippen LogP contribution in [0.3, 0.4) is 0 Å². The minimum absolute atomic E-state index is 0.842. The lowest BCUT2D eigenvalue weighted by molar-refractivity contribution is 1.09. The third kappa shape index (κ3) is 1.38. The van der Waals surface area contributed by atoms with E-state index < -0.39 is 0 Å². The summed E-state index contributed by atoms with van der Waals surface area (Å²) in [5.74, 6) is 0. The third-order valence-electron chi connectivity index (χ3n) is 1.56. The van der Waals surface area contributed by atoms with E-state index in [1.54, 1.807) is 12.4 Å². The summed E-state index contributed by atoms with van der Waals surface area (Å²) in [7, 11) is 0. The van der Waals surface area contributed by atoms with E-state index in [1.807, 2.05) is 18.3 Å². The summed E-state index contributed by atoms with van der Waals surface area (Å²) in [5.41, 5.74) is 2.11. The highest BCUT2D eigenvalue weighted by Crippen LogP contribution is 2.17. The van der Waals surface area contributed by atoms with Crippen LogP contribution in [-0.2, 0) is 0 Å². The number of halogens is 1. The van der Waals surface area contributed by atoms with Crippen molar-refractivity contribution >= 4 is 15.9 Å². The molecule has 0 spiro atoms. The van der Waals surface area contributed by atoms with Gasteiger partial charge in [-0.1, -0.05) is 6.07 Å². The summed E-state index contributed by atoms with van der Waals surface area (Å²) in [4.78, 5) is 4.11. The maximum atomic E-state index is 4.11. The van der Waals surface area contributed by atoms with E-state index in [-0.39, 0.29) is 0 Å². The predicted octanol–water partition coefficient (Wildman–Crippen LogP) is 2.23. The van der Waals surface area contributed by atoms with Crippen molar-refractivity contribution in [3.63, 3.8) is 0 Å². The Labute approximate surface area is 78.0 Å². The maximum Gasteiger partial charge on any atom is 0.106 e. The molecule has 0 bridgehead atoms. The molecule has 60 valence electrons. The van der Waals surface area contributed by atoms with Gasteiger partial charge in [0.1, 0.15) is 4.60 Å². The van der Waals surface area contributed by atoms with Crippen molar-refractivity contribution in [1.29, 1.82) is 0 Å². The number of hydrogen-bond donors (Lipinski definition) is 1. The molecule has 3 nitrogen and oxygen atoms in total. The lowest BCUT2D eigenvalue weighted by atomic mass is 10.2. The van der Waals surface area contributed by atoms with Crippen LogP contribution < -0.4 is 0 Å². The van der Waals surface area contributed by atoms with E-state index in [2.05, 4.69) is 31.1 Å². The van der Waals surface area contributed by atoms with Crippen molar-refractivity contribution in [3.8, 4) is 11.1 Å². The lowest BCUT2D eigenvalue weighted by Crippen LogP contribution is -1.77. The Morgan fingerprint density at radius 1 is 1.17 bits per heavy atom. The molecule has 2 aromatic rings. The zero-order valence-electron chi connectivity index (χ0n) is 6.16. The van der Waals surface area contributed by atoms with E-state index in [0.717, 1.165) is 15.7 Å². The molecule has 1 N–H and O–H groups in total. The van der Waals surface area contributed by atoms with Crippen LogP contribution in [-0.4, -0.2) is 15.2 Å². The summed E-state index contributed by atoms with van der Waals surface area (Å²) in [6.07, 6.45) is 5.41. The topological polar surface area (TPSA) is 41.6 Å². The highest BCUT2D eigenvalue weighted by Gasteiger charge is 1.97. The van der Waals surface area contributed by atoms with Gasteiger partial charge in [-0.25, -0.2) is 4.98 Å². The number of aromatic amines is 1. The first-order valence-corrected chi connectivity index (χ1v) is 4.26. The highest BCUT2D eigenvalue weighted by atomic mass is 79.9. The Kier molecular flexibility index (Phi) is 1.91. The Bertz CT molecular complexity index is 352. The summed E-state index contributed by atoms with van der Waals surface area (Å²) >= 11 is 3.27. The highest BCUT2D eigenvalue weighted by molar-refractivity contribution is 9.10. The average Bonchev–Trinajstić information content (AvgIpc) is 2.58. The Balaban J connectivity index is 2.43. The normalized spacial score (nSPS) is 10.1. The van der Waals surface area contributed by atoms with Crippen LogP contribution in [0.1, 0.15) is 0 Å².